The highest BCUT2D eigenvalue weighted by Crippen LogP contribution is 2.54. The van der Waals surface area contributed by atoms with E-state index in [1.807, 2.05) is 105 Å². The number of hydrogen-bond acceptors (Lipinski definition) is 6. The Hall–Kier alpha value is -4.14. The predicted octanol–water partition coefficient (Wildman–Crippen LogP) is 9.80. The number of benzene rings is 4. The second-order valence-electron chi connectivity index (χ2n) is 19.6. The number of ether oxygens (including phenoxy) is 1. The highest BCUT2D eigenvalue weighted by molar-refractivity contribution is 6.99. The summed E-state index contributed by atoms with van der Waals surface area (Å²) in [6.07, 6.45) is 7.07. The molecule has 13 heteroatoms. The third-order valence-electron chi connectivity index (χ3n) is 14.3. The van der Waals surface area contributed by atoms with Crippen LogP contribution in [-0.4, -0.2) is 92.0 Å². The van der Waals surface area contributed by atoms with E-state index < -0.39 is 56.1 Å². The van der Waals surface area contributed by atoms with Gasteiger partial charge in [-0.2, -0.15) is 5.10 Å². The van der Waals surface area contributed by atoms with Crippen LogP contribution in [0.4, 0.5) is 27.6 Å². The van der Waals surface area contributed by atoms with E-state index in [1.165, 1.54) is 12.1 Å². The van der Waals surface area contributed by atoms with Crippen LogP contribution < -0.4 is 15.7 Å². The monoisotopic (exact) mass is 885 g/mol. The zero-order valence-electron chi connectivity index (χ0n) is 36.9. The highest BCUT2D eigenvalue weighted by Gasteiger charge is 2.57. The van der Waals surface area contributed by atoms with Gasteiger partial charge < -0.3 is 19.4 Å². The molecule has 3 aliphatic heterocycles. The van der Waals surface area contributed by atoms with Crippen LogP contribution >= 0.6 is 0 Å². The molecule has 3 unspecified atom stereocenters. The summed E-state index contributed by atoms with van der Waals surface area (Å²) < 4.78 is 95.8. The van der Waals surface area contributed by atoms with Gasteiger partial charge >= 0.3 is 0 Å². The third kappa shape index (κ3) is 8.37. The van der Waals surface area contributed by atoms with Gasteiger partial charge in [0.05, 0.1) is 37.6 Å². The minimum Gasteiger partial charge on any atom is -0.401 e. The summed E-state index contributed by atoms with van der Waals surface area (Å²) in [5.41, 5.74) is 2.32. The van der Waals surface area contributed by atoms with Crippen molar-refractivity contribution in [2.24, 2.45) is 5.41 Å². The molecule has 1 saturated carbocycles. The van der Waals surface area contributed by atoms with Crippen LogP contribution in [-0.2, 0) is 15.6 Å². The lowest BCUT2D eigenvalue weighted by atomic mass is 9.83. The molecule has 0 amide bonds. The van der Waals surface area contributed by atoms with Crippen LogP contribution in [0.3, 0.4) is 0 Å². The number of anilines is 1. The number of nitrogens with zero attached hydrogens (tertiary/aromatic N) is 4. The fraction of sp³-hybridized carbons (Fsp3) is 0.500. The van der Waals surface area contributed by atoms with Gasteiger partial charge in [-0.15, -0.1) is 0 Å². The SMILES string of the molecule is C[C@@H]1Cc2c(ccc3c2cnn3C2CCCCO2)[C@@H](c2c(F)cc(NC3CC34CCN(CCCF)C4)cc2F)N1CC(F)(F)CO[Si](c1ccccc1)(c1ccccc1)C(C)(C)C. The largest absolute Gasteiger partial charge is 0.401 e. The number of fused-ring (bicyclic) bond motifs is 3. The summed E-state index contributed by atoms with van der Waals surface area (Å²) >= 11 is 0. The van der Waals surface area contributed by atoms with Crippen molar-refractivity contribution in [1.82, 2.24) is 19.6 Å². The van der Waals surface area contributed by atoms with Crippen molar-refractivity contribution in [2.45, 2.75) is 108 Å². The fourth-order valence-electron chi connectivity index (χ4n) is 11.1. The van der Waals surface area contributed by atoms with Crippen molar-refractivity contribution in [1.29, 1.82) is 0 Å². The molecular formula is C50H60F5N5O2Si. The number of hydrogen-bond donors (Lipinski definition) is 1. The standard InChI is InChI=1S/C50H60F5N5O2Si/c1-34-26-39-38(19-20-43-40(39)30-56-60(43)45-18-11-12-25-61-45)47(46-41(52)27-35(28-42(46)53)57-44-29-49(44)21-24-58(31-49)23-13-22-51)59(34)32-50(54,55)33-62-63(48(2,3)4,36-14-7-5-8-15-36)37-16-9-6-10-17-37/h5-10,14-17,19-20,27-28,30,34,44-45,47,57H,11-13,18,21-26,29,31-33H2,1-4H3/t34-,44?,45?,47+,49?/m1/s1. The minimum absolute atomic E-state index is 0.00291. The van der Waals surface area contributed by atoms with Crippen molar-refractivity contribution in [3.05, 3.63) is 119 Å². The van der Waals surface area contributed by atoms with E-state index in [0.29, 0.717) is 37.2 Å². The first-order valence-electron chi connectivity index (χ1n) is 22.8. The fourth-order valence-corrected chi connectivity index (χ4v) is 15.7. The van der Waals surface area contributed by atoms with Gasteiger partial charge in [0, 0.05) is 53.8 Å². The van der Waals surface area contributed by atoms with E-state index in [2.05, 4.69) is 10.2 Å². The van der Waals surface area contributed by atoms with Crippen LogP contribution in [0.5, 0.6) is 0 Å². The maximum absolute atomic E-state index is 17.1. The van der Waals surface area contributed by atoms with Gasteiger partial charge in [0.2, 0.25) is 0 Å². The lowest BCUT2D eigenvalue weighted by Crippen LogP contribution is -2.67. The van der Waals surface area contributed by atoms with Crippen molar-refractivity contribution < 1.29 is 31.1 Å². The van der Waals surface area contributed by atoms with E-state index in [9.17, 15) is 4.39 Å². The molecule has 1 spiro atoms. The average molecular weight is 886 g/mol. The second kappa shape index (κ2) is 17.3. The maximum atomic E-state index is 17.1. The number of halogens is 5. The van der Waals surface area contributed by atoms with Crippen LogP contribution in [0.1, 0.15) is 95.2 Å². The van der Waals surface area contributed by atoms with Gasteiger partial charge in [0.15, 0.2) is 6.23 Å². The van der Waals surface area contributed by atoms with E-state index in [-0.39, 0.29) is 29.9 Å². The Bertz CT molecular complexity index is 2330. The first-order chi connectivity index (χ1) is 30.2. The van der Waals surface area contributed by atoms with E-state index in [0.717, 1.165) is 72.0 Å². The van der Waals surface area contributed by atoms with E-state index in [4.69, 9.17) is 14.3 Å². The maximum Gasteiger partial charge on any atom is 0.282 e. The Morgan fingerprint density at radius 2 is 1.65 bits per heavy atom. The molecule has 4 aliphatic rings. The average Bonchev–Trinajstić information content (AvgIpc) is 3.52. The lowest BCUT2D eigenvalue weighted by Gasteiger charge is -2.46. The molecule has 63 heavy (non-hydrogen) atoms. The van der Waals surface area contributed by atoms with Crippen molar-refractivity contribution in [2.75, 3.05) is 51.4 Å². The highest BCUT2D eigenvalue weighted by atomic mass is 28.4. The molecule has 1 aromatic heterocycles. The molecule has 4 heterocycles. The molecule has 4 aromatic carbocycles. The number of alkyl halides is 3. The molecule has 0 radical (unpaired) electrons. The van der Waals surface area contributed by atoms with Gasteiger partial charge in [0.25, 0.3) is 14.2 Å². The van der Waals surface area contributed by atoms with E-state index >= 15 is 17.6 Å². The molecule has 0 bridgehead atoms. The summed E-state index contributed by atoms with van der Waals surface area (Å²) in [5.74, 6) is -5.01. The summed E-state index contributed by atoms with van der Waals surface area (Å²) in [6, 6.07) is 24.1. The third-order valence-corrected chi connectivity index (χ3v) is 19.3. The predicted molar refractivity (Wildman–Crippen MR) is 241 cm³/mol. The quantitative estimate of drug-likeness (QED) is 0.0886. The zero-order chi connectivity index (χ0) is 44.1. The second-order valence-corrected chi connectivity index (χ2v) is 23.9. The van der Waals surface area contributed by atoms with Crippen LogP contribution in [0.25, 0.3) is 10.9 Å². The molecule has 336 valence electrons. The summed E-state index contributed by atoms with van der Waals surface area (Å²) in [6.45, 7) is 9.03. The molecular weight excluding hydrogens is 826 g/mol. The van der Waals surface area contributed by atoms with Crippen molar-refractivity contribution in [3.8, 4) is 0 Å². The van der Waals surface area contributed by atoms with Crippen LogP contribution in [0, 0.1) is 17.0 Å². The molecule has 1 aliphatic carbocycles. The van der Waals surface area contributed by atoms with Crippen LogP contribution in [0.2, 0.25) is 5.04 Å². The van der Waals surface area contributed by atoms with E-state index in [1.54, 1.807) is 11.1 Å². The summed E-state index contributed by atoms with van der Waals surface area (Å²) in [7, 11) is -3.34. The van der Waals surface area contributed by atoms with Crippen molar-refractivity contribution in [3.63, 3.8) is 0 Å². The smallest absolute Gasteiger partial charge is 0.282 e. The first kappa shape index (κ1) is 44.1. The molecule has 2 saturated heterocycles. The van der Waals surface area contributed by atoms with Gasteiger partial charge in [-0.25, -0.2) is 22.2 Å². The Morgan fingerprint density at radius 3 is 2.29 bits per heavy atom. The number of aromatic nitrogens is 2. The molecule has 1 N–H and O–H groups in total. The molecule has 7 nitrogen and oxygen atoms in total. The minimum atomic E-state index is -3.42. The number of nitrogens with one attached hydrogen (secondary N) is 1. The molecule has 5 aromatic rings. The Labute approximate surface area is 369 Å². The normalized spacial score (nSPS) is 24.6. The van der Waals surface area contributed by atoms with Gasteiger partial charge in [-0.3, -0.25) is 9.29 Å². The molecule has 3 fully saturated rings. The number of likely N-dealkylation sites (tertiary alicyclic amines) is 1. The lowest BCUT2D eigenvalue weighted by molar-refractivity contribution is -0.0822. The van der Waals surface area contributed by atoms with Gasteiger partial charge in [0.1, 0.15) is 11.6 Å². The van der Waals surface area contributed by atoms with Crippen molar-refractivity contribution >= 4 is 35.3 Å². The summed E-state index contributed by atoms with van der Waals surface area (Å²) in [4.78, 5) is 3.84. The zero-order valence-corrected chi connectivity index (χ0v) is 37.9. The molecule has 9 rings (SSSR count). The summed E-state index contributed by atoms with van der Waals surface area (Å²) in [5, 5.41) is 10.2. The molecule has 5 atom stereocenters. The Morgan fingerprint density at radius 1 is 0.952 bits per heavy atom. The topological polar surface area (TPSA) is 54.8 Å². The number of rotatable bonds is 14. The van der Waals surface area contributed by atoms with Gasteiger partial charge in [-0.05, 0) is 103 Å². The Balaban J connectivity index is 1.06. The first-order valence-corrected chi connectivity index (χ1v) is 24.7. The van der Waals surface area contributed by atoms with Gasteiger partial charge in [-0.1, -0.05) is 87.5 Å². The van der Waals surface area contributed by atoms with Crippen LogP contribution in [0.15, 0.2) is 91.1 Å². The Kier molecular flexibility index (Phi) is 12.1.